The van der Waals surface area contributed by atoms with Gasteiger partial charge in [0.05, 0.1) is 19.8 Å². The lowest BCUT2D eigenvalue weighted by Gasteiger charge is -2.07. The number of aromatic amines is 1. The molecule has 0 saturated heterocycles. The number of anilines is 1. The number of methoxy groups -OCH3 is 2. The van der Waals surface area contributed by atoms with E-state index in [1.165, 1.54) is 12.4 Å². The summed E-state index contributed by atoms with van der Waals surface area (Å²) in [7, 11) is 3.10. The third-order valence-corrected chi connectivity index (χ3v) is 3.06. The zero-order valence-corrected chi connectivity index (χ0v) is 12.4. The first-order valence-corrected chi connectivity index (χ1v) is 6.57. The number of carbonyl (C=O) groups is 1. The maximum atomic E-state index is 12.1. The first-order valence-electron chi connectivity index (χ1n) is 6.57. The monoisotopic (exact) mass is 315 g/mol. The van der Waals surface area contributed by atoms with Crippen LogP contribution in [0.4, 0.5) is 5.95 Å². The Morgan fingerprint density at radius 2 is 2.13 bits per heavy atom. The minimum Gasteiger partial charge on any atom is -0.497 e. The molecular weight excluding hydrogens is 302 g/mol. The predicted molar refractivity (Wildman–Crippen MR) is 79.4 cm³/mol. The van der Waals surface area contributed by atoms with Crippen molar-refractivity contribution >= 4 is 11.9 Å². The number of ether oxygens (including phenoxy) is 2. The third-order valence-electron chi connectivity index (χ3n) is 3.06. The van der Waals surface area contributed by atoms with Crippen LogP contribution in [0.2, 0.25) is 0 Å². The van der Waals surface area contributed by atoms with Crippen molar-refractivity contribution in [2.24, 2.45) is 0 Å². The number of H-pyrrole nitrogens is 1. The largest absolute Gasteiger partial charge is 0.497 e. The van der Waals surface area contributed by atoms with Crippen LogP contribution in [0.3, 0.4) is 0 Å². The average Bonchev–Trinajstić information content (AvgIpc) is 3.25. The van der Waals surface area contributed by atoms with E-state index < -0.39 is 5.91 Å². The molecule has 0 spiro atoms. The number of carbonyl (C=O) groups excluding carboxylic acids is 1. The number of nitrogens with one attached hydrogen (secondary N) is 2. The number of nitrogens with zero attached hydrogens (tertiary/aromatic N) is 3. The summed E-state index contributed by atoms with van der Waals surface area (Å²) < 4.78 is 15.7. The van der Waals surface area contributed by atoms with Crippen LogP contribution in [0, 0.1) is 0 Å². The Hall–Kier alpha value is -3.36. The molecule has 9 heteroatoms. The van der Waals surface area contributed by atoms with E-state index in [1.807, 2.05) is 0 Å². The van der Waals surface area contributed by atoms with E-state index in [9.17, 15) is 4.79 Å². The van der Waals surface area contributed by atoms with Crippen molar-refractivity contribution in [3.8, 4) is 22.8 Å². The Kier molecular flexibility index (Phi) is 3.91. The molecule has 3 rings (SSSR count). The lowest BCUT2D eigenvalue weighted by Crippen LogP contribution is -2.13. The van der Waals surface area contributed by atoms with Crippen LogP contribution in [-0.2, 0) is 0 Å². The summed E-state index contributed by atoms with van der Waals surface area (Å²) >= 11 is 0. The van der Waals surface area contributed by atoms with Crippen LogP contribution in [0.5, 0.6) is 11.5 Å². The fraction of sp³-hybridized carbons (Fsp3) is 0.143. The molecule has 0 bridgehead atoms. The van der Waals surface area contributed by atoms with Crippen molar-refractivity contribution in [1.29, 1.82) is 0 Å². The highest BCUT2D eigenvalue weighted by Gasteiger charge is 2.17. The Labute approximate surface area is 130 Å². The van der Waals surface area contributed by atoms with Gasteiger partial charge >= 0.3 is 0 Å². The summed E-state index contributed by atoms with van der Waals surface area (Å²) in [4.78, 5) is 15.9. The van der Waals surface area contributed by atoms with Crippen LogP contribution in [0.25, 0.3) is 11.3 Å². The number of hydrogen-bond donors (Lipinski definition) is 2. The molecule has 0 aliphatic carbocycles. The van der Waals surface area contributed by atoms with Gasteiger partial charge in [-0.3, -0.25) is 10.1 Å². The van der Waals surface area contributed by atoms with Crippen molar-refractivity contribution in [1.82, 2.24) is 20.3 Å². The van der Waals surface area contributed by atoms with Gasteiger partial charge in [-0.2, -0.15) is 10.1 Å². The van der Waals surface area contributed by atoms with E-state index in [-0.39, 0.29) is 11.6 Å². The zero-order valence-electron chi connectivity index (χ0n) is 12.4. The SMILES string of the molecule is COc1ccc(OC)c(-c2cc(C(=O)Nc3ncn[nH]3)no2)c1. The van der Waals surface area contributed by atoms with Gasteiger partial charge in [0.15, 0.2) is 11.5 Å². The molecule has 0 saturated carbocycles. The van der Waals surface area contributed by atoms with E-state index in [0.29, 0.717) is 22.8 Å². The second-order valence-corrected chi connectivity index (χ2v) is 4.43. The second kappa shape index (κ2) is 6.18. The maximum absolute atomic E-state index is 12.1. The van der Waals surface area contributed by atoms with E-state index >= 15 is 0 Å². The van der Waals surface area contributed by atoms with E-state index in [2.05, 4.69) is 25.7 Å². The number of rotatable bonds is 5. The summed E-state index contributed by atoms with van der Waals surface area (Å²) in [5.74, 6) is 1.33. The molecule has 23 heavy (non-hydrogen) atoms. The maximum Gasteiger partial charge on any atom is 0.280 e. The minimum atomic E-state index is -0.474. The van der Waals surface area contributed by atoms with Gasteiger partial charge in [0.2, 0.25) is 5.95 Å². The molecule has 2 aromatic heterocycles. The van der Waals surface area contributed by atoms with Gasteiger partial charge in [0.25, 0.3) is 5.91 Å². The van der Waals surface area contributed by atoms with Crippen LogP contribution < -0.4 is 14.8 Å². The van der Waals surface area contributed by atoms with Crippen molar-refractivity contribution in [3.05, 3.63) is 36.3 Å². The summed E-state index contributed by atoms with van der Waals surface area (Å²) in [6, 6.07) is 6.74. The molecular formula is C14H13N5O4. The average molecular weight is 315 g/mol. The van der Waals surface area contributed by atoms with Crippen LogP contribution in [0.1, 0.15) is 10.5 Å². The number of hydrogen-bond acceptors (Lipinski definition) is 7. The lowest BCUT2D eigenvalue weighted by molar-refractivity contribution is 0.101. The zero-order chi connectivity index (χ0) is 16.2. The Morgan fingerprint density at radius 3 is 2.83 bits per heavy atom. The molecule has 1 amide bonds. The number of aromatic nitrogens is 4. The molecule has 1 aromatic carbocycles. The van der Waals surface area contributed by atoms with Gasteiger partial charge in [-0.15, -0.1) is 0 Å². The summed E-state index contributed by atoms with van der Waals surface area (Å²) in [5, 5.41) is 12.4. The molecule has 0 aliphatic rings. The first kappa shape index (κ1) is 14.6. The summed E-state index contributed by atoms with van der Waals surface area (Å²) in [6.07, 6.45) is 1.28. The fourth-order valence-corrected chi connectivity index (χ4v) is 1.95. The Morgan fingerprint density at radius 1 is 1.26 bits per heavy atom. The van der Waals surface area contributed by atoms with Crippen LogP contribution in [-0.4, -0.2) is 40.5 Å². The second-order valence-electron chi connectivity index (χ2n) is 4.43. The van der Waals surface area contributed by atoms with E-state index in [4.69, 9.17) is 14.0 Å². The van der Waals surface area contributed by atoms with Gasteiger partial charge in [-0.05, 0) is 18.2 Å². The topological polar surface area (TPSA) is 115 Å². The highest BCUT2D eigenvalue weighted by Crippen LogP contribution is 2.33. The number of amides is 1. The smallest absolute Gasteiger partial charge is 0.280 e. The fourth-order valence-electron chi connectivity index (χ4n) is 1.95. The molecule has 2 heterocycles. The van der Waals surface area contributed by atoms with Gasteiger partial charge < -0.3 is 14.0 Å². The highest BCUT2D eigenvalue weighted by molar-refractivity contribution is 6.02. The van der Waals surface area contributed by atoms with Crippen molar-refractivity contribution in [2.75, 3.05) is 19.5 Å². The normalized spacial score (nSPS) is 10.3. The highest BCUT2D eigenvalue weighted by atomic mass is 16.5. The van der Waals surface area contributed by atoms with E-state index in [1.54, 1.807) is 32.4 Å². The standard InChI is InChI=1S/C14H13N5O4/c1-21-8-3-4-11(22-2)9(5-8)12-6-10(19-23-12)13(20)17-14-15-7-16-18-14/h3-7H,1-2H3,(H2,15,16,17,18,20). The van der Waals surface area contributed by atoms with Crippen molar-refractivity contribution in [3.63, 3.8) is 0 Å². The first-order chi connectivity index (χ1) is 11.2. The van der Waals surface area contributed by atoms with Crippen LogP contribution in [0.15, 0.2) is 35.1 Å². The minimum absolute atomic E-state index is 0.0984. The molecule has 0 unspecified atom stereocenters. The molecule has 0 fully saturated rings. The predicted octanol–water partition coefficient (Wildman–Crippen LogP) is 1.73. The van der Waals surface area contributed by atoms with Gasteiger partial charge in [-0.25, -0.2) is 5.10 Å². The van der Waals surface area contributed by atoms with E-state index in [0.717, 1.165) is 0 Å². The molecule has 3 aromatic rings. The summed E-state index contributed by atoms with van der Waals surface area (Å²) in [5.41, 5.74) is 0.722. The molecule has 118 valence electrons. The lowest BCUT2D eigenvalue weighted by atomic mass is 10.1. The molecule has 9 nitrogen and oxygen atoms in total. The van der Waals surface area contributed by atoms with Crippen molar-refractivity contribution < 1.29 is 18.8 Å². The molecule has 0 atom stereocenters. The van der Waals surface area contributed by atoms with Gasteiger partial charge in [0, 0.05) is 6.07 Å². The Bertz CT molecular complexity index is 812. The molecule has 0 radical (unpaired) electrons. The Balaban J connectivity index is 1.88. The quantitative estimate of drug-likeness (QED) is 0.736. The molecule has 2 N–H and O–H groups in total. The van der Waals surface area contributed by atoms with Crippen LogP contribution >= 0.6 is 0 Å². The van der Waals surface area contributed by atoms with Gasteiger partial charge in [0.1, 0.15) is 17.8 Å². The summed E-state index contributed by atoms with van der Waals surface area (Å²) in [6.45, 7) is 0. The van der Waals surface area contributed by atoms with Crippen molar-refractivity contribution in [2.45, 2.75) is 0 Å². The number of benzene rings is 1. The third kappa shape index (κ3) is 2.98. The van der Waals surface area contributed by atoms with Gasteiger partial charge in [-0.1, -0.05) is 5.16 Å². The molecule has 0 aliphatic heterocycles.